The molecule has 0 spiro atoms. The van der Waals surface area contributed by atoms with Gasteiger partial charge in [0.2, 0.25) is 0 Å². The number of thiophene rings is 1. The number of hydrogen-bond acceptors (Lipinski definition) is 5. The molecule has 0 radical (unpaired) electrons. The fraction of sp³-hybridized carbons (Fsp3) is 0.107. The number of hydrogen-bond donors (Lipinski definition) is 0. The van der Waals surface area contributed by atoms with Crippen LogP contribution >= 0.6 is 11.3 Å². The second-order valence-corrected chi connectivity index (χ2v) is 9.12. The van der Waals surface area contributed by atoms with E-state index < -0.39 is 5.97 Å². The first kappa shape index (κ1) is 24.9. The summed E-state index contributed by atoms with van der Waals surface area (Å²) < 4.78 is 7.16. The fourth-order valence-electron chi connectivity index (χ4n) is 4.14. The minimum absolute atomic E-state index is 0. The van der Waals surface area contributed by atoms with Crippen LogP contribution < -0.4 is 39.4 Å². The Morgan fingerprint density at radius 1 is 1.09 bits per heavy atom. The fourth-order valence-corrected chi connectivity index (χ4v) is 5.31. The zero-order valence-corrected chi connectivity index (χ0v) is 22.4. The molecule has 166 valence electrons. The van der Waals surface area contributed by atoms with Crippen LogP contribution in [0.1, 0.15) is 27.0 Å². The van der Waals surface area contributed by atoms with Crippen LogP contribution in [-0.2, 0) is 6.61 Å². The van der Waals surface area contributed by atoms with E-state index in [0.29, 0.717) is 28.0 Å². The molecule has 3 aromatic carbocycles. The van der Waals surface area contributed by atoms with Crippen LogP contribution in [0.15, 0.2) is 66.7 Å². The Bertz CT molecular complexity index is 1640. The van der Waals surface area contributed by atoms with E-state index in [1.54, 1.807) is 41.7 Å². The molecule has 5 nitrogen and oxygen atoms in total. The SMILES string of the molecule is [C-]#[N+]c1cccc(COc2ccc(C)c3nc(-c4sc5ccccc5c4C)cc(C(=O)[O-])c23)c1.[Na+]. The molecule has 0 saturated carbocycles. The first-order chi connectivity index (χ1) is 16.5. The molecule has 0 unspecified atom stereocenters. The molecular weight excluding hydrogens is 467 g/mol. The van der Waals surface area contributed by atoms with Crippen LogP contribution in [0.25, 0.3) is 36.4 Å². The van der Waals surface area contributed by atoms with Crippen molar-refractivity contribution in [2.24, 2.45) is 0 Å². The summed E-state index contributed by atoms with van der Waals surface area (Å²) in [4.78, 5) is 21.5. The molecule has 5 aromatic rings. The number of carboxylic acids is 1. The van der Waals surface area contributed by atoms with Gasteiger partial charge in [0.1, 0.15) is 12.4 Å². The van der Waals surface area contributed by atoms with Crippen molar-refractivity contribution in [2.75, 3.05) is 0 Å². The van der Waals surface area contributed by atoms with E-state index in [1.165, 1.54) is 0 Å². The van der Waals surface area contributed by atoms with Crippen molar-refractivity contribution in [3.8, 4) is 16.3 Å². The van der Waals surface area contributed by atoms with Crippen molar-refractivity contribution >= 4 is 44.0 Å². The maximum atomic E-state index is 12.3. The third-order valence-corrected chi connectivity index (χ3v) is 7.15. The van der Waals surface area contributed by atoms with E-state index in [-0.39, 0.29) is 41.7 Å². The van der Waals surface area contributed by atoms with E-state index >= 15 is 0 Å². The Morgan fingerprint density at radius 3 is 2.63 bits per heavy atom. The number of carbonyl (C=O) groups excluding carboxylic acids is 1. The normalized spacial score (nSPS) is 10.7. The van der Waals surface area contributed by atoms with E-state index in [1.807, 2.05) is 38.1 Å². The number of aryl methyl sites for hydroxylation is 2. The molecule has 2 heterocycles. The molecule has 35 heavy (non-hydrogen) atoms. The third kappa shape index (κ3) is 4.69. The molecule has 0 aliphatic heterocycles. The maximum Gasteiger partial charge on any atom is 1.00 e. The van der Waals surface area contributed by atoms with Crippen molar-refractivity contribution < 1.29 is 44.2 Å². The van der Waals surface area contributed by atoms with Gasteiger partial charge in [-0.15, -0.1) is 11.3 Å². The van der Waals surface area contributed by atoms with Gasteiger partial charge in [0.05, 0.1) is 34.0 Å². The van der Waals surface area contributed by atoms with Gasteiger partial charge in [-0.1, -0.05) is 42.5 Å². The van der Waals surface area contributed by atoms with Gasteiger partial charge in [-0.25, -0.2) is 9.83 Å². The average Bonchev–Trinajstić information content (AvgIpc) is 3.19. The summed E-state index contributed by atoms with van der Waals surface area (Å²) in [5.74, 6) is -0.863. The maximum absolute atomic E-state index is 12.3. The monoisotopic (exact) mass is 486 g/mol. The van der Waals surface area contributed by atoms with Crippen molar-refractivity contribution in [3.05, 3.63) is 100 Å². The van der Waals surface area contributed by atoms with Gasteiger partial charge in [0.15, 0.2) is 5.69 Å². The van der Waals surface area contributed by atoms with Crippen LogP contribution in [0.3, 0.4) is 0 Å². The third-order valence-electron chi connectivity index (χ3n) is 5.85. The number of nitrogens with zero attached hydrogens (tertiary/aromatic N) is 2. The van der Waals surface area contributed by atoms with Crippen molar-refractivity contribution in [1.82, 2.24) is 4.98 Å². The predicted octanol–water partition coefficient (Wildman–Crippen LogP) is 3.23. The number of benzene rings is 3. The predicted molar refractivity (Wildman–Crippen MR) is 133 cm³/mol. The number of fused-ring (bicyclic) bond motifs is 2. The van der Waals surface area contributed by atoms with Gasteiger partial charge in [-0.2, -0.15) is 0 Å². The molecular formula is C28H19N2NaO3S. The van der Waals surface area contributed by atoms with Crippen LogP contribution in [0.5, 0.6) is 5.75 Å². The molecule has 0 saturated heterocycles. The number of ether oxygens (including phenoxy) is 1. The summed E-state index contributed by atoms with van der Waals surface area (Å²) in [5.41, 5.74) is 4.49. The Balaban J connectivity index is 0.00000289. The summed E-state index contributed by atoms with van der Waals surface area (Å²) in [6.07, 6.45) is 0. The molecule has 0 N–H and O–H groups in total. The summed E-state index contributed by atoms with van der Waals surface area (Å²) in [7, 11) is 0. The van der Waals surface area contributed by atoms with Gasteiger partial charge in [-0.3, -0.25) is 0 Å². The molecule has 0 aliphatic carbocycles. The molecule has 7 heteroatoms. The van der Waals surface area contributed by atoms with Crippen LogP contribution in [-0.4, -0.2) is 11.0 Å². The molecule has 0 bridgehead atoms. The molecule has 0 fully saturated rings. The zero-order valence-electron chi connectivity index (χ0n) is 19.6. The van der Waals surface area contributed by atoms with Gasteiger partial charge >= 0.3 is 29.6 Å². The summed E-state index contributed by atoms with van der Waals surface area (Å²) in [5, 5.41) is 13.8. The van der Waals surface area contributed by atoms with E-state index in [9.17, 15) is 9.90 Å². The largest absolute Gasteiger partial charge is 1.00 e. The summed E-state index contributed by atoms with van der Waals surface area (Å²) >= 11 is 1.60. The number of rotatable bonds is 5. The zero-order chi connectivity index (χ0) is 23.8. The van der Waals surface area contributed by atoms with E-state index in [2.05, 4.69) is 17.0 Å². The molecule has 5 rings (SSSR count). The van der Waals surface area contributed by atoms with E-state index in [0.717, 1.165) is 31.7 Å². The van der Waals surface area contributed by atoms with Crippen LogP contribution in [0, 0.1) is 20.4 Å². The van der Waals surface area contributed by atoms with Gasteiger partial charge in [0, 0.05) is 10.3 Å². The number of aromatic carboxylic acids is 1. The minimum Gasteiger partial charge on any atom is -0.545 e. The Labute approximate surface area is 229 Å². The summed E-state index contributed by atoms with van der Waals surface area (Å²) in [6, 6.07) is 20.5. The van der Waals surface area contributed by atoms with Gasteiger partial charge < -0.3 is 14.6 Å². The van der Waals surface area contributed by atoms with Crippen molar-refractivity contribution in [2.45, 2.75) is 20.5 Å². The smallest absolute Gasteiger partial charge is 0.545 e. The number of aromatic nitrogens is 1. The second-order valence-electron chi connectivity index (χ2n) is 8.07. The van der Waals surface area contributed by atoms with Crippen LogP contribution in [0.4, 0.5) is 5.69 Å². The molecule has 0 aliphatic rings. The minimum atomic E-state index is -1.28. The Kier molecular flexibility index (Phi) is 7.25. The second kappa shape index (κ2) is 10.2. The average molecular weight is 487 g/mol. The van der Waals surface area contributed by atoms with E-state index in [4.69, 9.17) is 16.3 Å². The molecule has 0 atom stereocenters. The van der Waals surface area contributed by atoms with Crippen LogP contribution in [0.2, 0.25) is 0 Å². The first-order valence-corrected chi connectivity index (χ1v) is 11.5. The molecule has 0 amide bonds. The number of pyridine rings is 1. The van der Waals surface area contributed by atoms with Gasteiger partial charge in [-0.05, 0) is 60.2 Å². The van der Waals surface area contributed by atoms with Crippen molar-refractivity contribution in [1.29, 1.82) is 0 Å². The Hall–Kier alpha value is -3.21. The Morgan fingerprint density at radius 2 is 1.89 bits per heavy atom. The quantitative estimate of drug-likeness (QED) is 0.283. The topological polar surface area (TPSA) is 66.6 Å². The van der Waals surface area contributed by atoms with Gasteiger partial charge in [0.25, 0.3) is 0 Å². The standard InChI is InChI=1S/C28H20N2O3S.Na/c1-16-11-12-23(33-15-18-7-6-8-19(13-18)29-3)25-21(28(31)32)14-22(30-26(16)25)27-17(2)20-9-4-5-10-24(20)34-27;/h4-14H,15H2,1-2H3,(H,31,32);/q;+1/p-1. The number of carbonyl (C=O) groups is 1. The first-order valence-electron chi connectivity index (χ1n) is 10.7. The molecule has 2 aromatic heterocycles. The number of carboxylic acid groups (broad SMARTS) is 1. The summed E-state index contributed by atoms with van der Waals surface area (Å²) in [6.45, 7) is 11.3. The van der Waals surface area contributed by atoms with Crippen molar-refractivity contribution in [3.63, 3.8) is 0 Å².